The number of ether oxygens (including phenoxy) is 1. The summed E-state index contributed by atoms with van der Waals surface area (Å²) in [6.07, 6.45) is 0. The van der Waals surface area contributed by atoms with E-state index in [1.54, 1.807) is 0 Å². The molecule has 0 fully saturated rings. The molecular weight excluding hydrogens is 318 g/mol. The van der Waals surface area contributed by atoms with Crippen LogP contribution in [0.5, 0.6) is 5.75 Å². The van der Waals surface area contributed by atoms with E-state index in [4.69, 9.17) is 4.74 Å². The molecule has 0 aromatic heterocycles. The summed E-state index contributed by atoms with van der Waals surface area (Å²) in [5, 5.41) is 2.84. The first-order chi connectivity index (χ1) is 9.75. The van der Waals surface area contributed by atoms with Gasteiger partial charge >= 0.3 is 0 Å². The summed E-state index contributed by atoms with van der Waals surface area (Å²) in [4.78, 5) is 11.8. The minimum Gasteiger partial charge on any atom is -0.484 e. The summed E-state index contributed by atoms with van der Waals surface area (Å²) < 4.78 is 5.38. The number of benzene rings is 2. The maximum Gasteiger partial charge on any atom is 0.257 e. The van der Waals surface area contributed by atoms with E-state index in [1.807, 2.05) is 60.7 Å². The van der Waals surface area contributed by atoms with Gasteiger partial charge in [-0.25, -0.2) is 0 Å². The lowest BCUT2D eigenvalue weighted by molar-refractivity contribution is -0.123. The van der Waals surface area contributed by atoms with Crippen molar-refractivity contribution < 1.29 is 9.53 Å². The number of para-hydroxylation sites is 1. The zero-order valence-electron chi connectivity index (χ0n) is 11.0. The van der Waals surface area contributed by atoms with Gasteiger partial charge in [0.15, 0.2) is 6.61 Å². The van der Waals surface area contributed by atoms with Gasteiger partial charge in [0, 0.05) is 6.54 Å². The Morgan fingerprint density at radius 3 is 2.30 bits per heavy atom. The van der Waals surface area contributed by atoms with Crippen LogP contribution in [-0.2, 0) is 4.79 Å². The lowest BCUT2D eigenvalue weighted by atomic mass is 10.1. The van der Waals surface area contributed by atoms with Crippen molar-refractivity contribution in [2.75, 3.05) is 13.2 Å². The van der Waals surface area contributed by atoms with E-state index in [0.29, 0.717) is 12.3 Å². The highest BCUT2D eigenvalue weighted by molar-refractivity contribution is 9.09. The van der Waals surface area contributed by atoms with Gasteiger partial charge in [0.2, 0.25) is 0 Å². The first-order valence-electron chi connectivity index (χ1n) is 6.39. The first kappa shape index (κ1) is 14.6. The number of carbonyl (C=O) groups excluding carboxylic acids is 1. The Bertz CT molecular complexity index is 531. The van der Waals surface area contributed by atoms with Gasteiger partial charge < -0.3 is 10.1 Å². The second-order valence-corrected chi connectivity index (χ2v) is 5.39. The molecule has 104 valence electrons. The summed E-state index contributed by atoms with van der Waals surface area (Å²) >= 11 is 3.55. The van der Waals surface area contributed by atoms with Gasteiger partial charge in [-0.1, -0.05) is 64.5 Å². The predicted octanol–water partition coefficient (Wildman–Crippen LogP) is 3.32. The van der Waals surface area contributed by atoms with Crippen LogP contribution >= 0.6 is 15.9 Å². The van der Waals surface area contributed by atoms with E-state index < -0.39 is 0 Å². The molecule has 1 unspecified atom stereocenters. The second-order valence-electron chi connectivity index (χ2n) is 4.28. The summed E-state index contributed by atoms with van der Waals surface area (Å²) in [5.41, 5.74) is 1.14. The zero-order chi connectivity index (χ0) is 14.2. The molecule has 0 aliphatic heterocycles. The molecule has 0 saturated heterocycles. The highest BCUT2D eigenvalue weighted by Gasteiger charge is 2.09. The van der Waals surface area contributed by atoms with Gasteiger partial charge in [-0.15, -0.1) is 0 Å². The van der Waals surface area contributed by atoms with Crippen molar-refractivity contribution in [3.05, 3.63) is 66.2 Å². The quantitative estimate of drug-likeness (QED) is 0.823. The maximum absolute atomic E-state index is 11.7. The Labute approximate surface area is 127 Å². The minimum absolute atomic E-state index is 0.0263. The summed E-state index contributed by atoms with van der Waals surface area (Å²) in [6, 6.07) is 19.3. The molecule has 0 spiro atoms. The van der Waals surface area contributed by atoms with E-state index >= 15 is 0 Å². The van der Waals surface area contributed by atoms with Crippen molar-refractivity contribution in [1.82, 2.24) is 5.32 Å². The molecule has 1 atom stereocenters. The van der Waals surface area contributed by atoms with Crippen molar-refractivity contribution in [3.63, 3.8) is 0 Å². The molecule has 1 N–H and O–H groups in total. The fourth-order valence-electron chi connectivity index (χ4n) is 1.70. The third-order valence-electron chi connectivity index (χ3n) is 2.75. The monoisotopic (exact) mass is 333 g/mol. The van der Waals surface area contributed by atoms with Gasteiger partial charge in [0.05, 0.1) is 4.83 Å². The van der Waals surface area contributed by atoms with E-state index in [1.165, 1.54) is 0 Å². The molecule has 0 aliphatic carbocycles. The summed E-state index contributed by atoms with van der Waals surface area (Å²) in [5.74, 6) is 0.565. The van der Waals surface area contributed by atoms with Crippen molar-refractivity contribution in [2.24, 2.45) is 0 Å². The van der Waals surface area contributed by atoms with Gasteiger partial charge in [-0.3, -0.25) is 4.79 Å². The lowest BCUT2D eigenvalue weighted by Gasteiger charge is -2.12. The number of nitrogens with one attached hydrogen (secondary N) is 1. The molecule has 2 rings (SSSR count). The largest absolute Gasteiger partial charge is 0.484 e. The summed E-state index contributed by atoms with van der Waals surface area (Å²) in [7, 11) is 0. The molecule has 0 saturated carbocycles. The smallest absolute Gasteiger partial charge is 0.257 e. The predicted molar refractivity (Wildman–Crippen MR) is 83.1 cm³/mol. The maximum atomic E-state index is 11.7. The molecule has 3 nitrogen and oxygen atoms in total. The zero-order valence-corrected chi connectivity index (χ0v) is 12.5. The van der Waals surface area contributed by atoms with Crippen LogP contribution in [0.4, 0.5) is 0 Å². The normalized spacial score (nSPS) is 11.7. The molecule has 2 aromatic carbocycles. The van der Waals surface area contributed by atoms with E-state index in [9.17, 15) is 4.79 Å². The van der Waals surface area contributed by atoms with Crippen LogP contribution in [0.2, 0.25) is 0 Å². The molecule has 0 radical (unpaired) electrons. The molecule has 0 aliphatic rings. The van der Waals surface area contributed by atoms with Gasteiger partial charge in [0.1, 0.15) is 5.75 Å². The Balaban J connectivity index is 1.73. The van der Waals surface area contributed by atoms with E-state index in [0.717, 1.165) is 5.56 Å². The second kappa shape index (κ2) is 7.70. The highest BCUT2D eigenvalue weighted by atomic mass is 79.9. The van der Waals surface area contributed by atoms with Crippen LogP contribution in [0.1, 0.15) is 10.4 Å². The standard InChI is InChI=1S/C16H16BrNO2/c17-15(13-7-3-1-4-8-13)11-18-16(19)12-20-14-9-5-2-6-10-14/h1-10,15H,11-12H2,(H,18,19). The first-order valence-corrected chi connectivity index (χ1v) is 7.31. The van der Waals surface area contributed by atoms with Crippen LogP contribution in [0.3, 0.4) is 0 Å². The van der Waals surface area contributed by atoms with Crippen LogP contribution < -0.4 is 10.1 Å². The number of rotatable bonds is 6. The third kappa shape index (κ3) is 4.70. The number of hydrogen-bond donors (Lipinski definition) is 1. The minimum atomic E-state index is -0.130. The van der Waals surface area contributed by atoms with Crippen LogP contribution in [0.25, 0.3) is 0 Å². The molecular formula is C16H16BrNO2. The number of hydrogen-bond acceptors (Lipinski definition) is 2. The van der Waals surface area contributed by atoms with Crippen molar-refractivity contribution in [2.45, 2.75) is 4.83 Å². The number of carbonyl (C=O) groups is 1. The third-order valence-corrected chi connectivity index (χ3v) is 3.61. The highest BCUT2D eigenvalue weighted by Crippen LogP contribution is 2.20. The SMILES string of the molecule is O=C(COc1ccccc1)NCC(Br)c1ccccc1. The Hall–Kier alpha value is -1.81. The topological polar surface area (TPSA) is 38.3 Å². The van der Waals surface area contributed by atoms with Crippen molar-refractivity contribution in [1.29, 1.82) is 0 Å². The Morgan fingerprint density at radius 1 is 1.05 bits per heavy atom. The molecule has 4 heteroatoms. The van der Waals surface area contributed by atoms with Gasteiger partial charge in [-0.2, -0.15) is 0 Å². The molecule has 1 amide bonds. The van der Waals surface area contributed by atoms with Crippen molar-refractivity contribution in [3.8, 4) is 5.75 Å². The average molecular weight is 334 g/mol. The molecule has 0 heterocycles. The molecule has 2 aromatic rings. The molecule has 0 bridgehead atoms. The van der Waals surface area contributed by atoms with Crippen molar-refractivity contribution >= 4 is 21.8 Å². The molecule has 20 heavy (non-hydrogen) atoms. The fourth-order valence-corrected chi connectivity index (χ4v) is 2.17. The lowest BCUT2D eigenvalue weighted by Crippen LogP contribution is -2.31. The average Bonchev–Trinajstić information content (AvgIpc) is 2.52. The van der Waals surface area contributed by atoms with Gasteiger partial charge in [-0.05, 0) is 17.7 Å². The number of alkyl halides is 1. The van der Waals surface area contributed by atoms with Gasteiger partial charge in [0.25, 0.3) is 5.91 Å². The summed E-state index contributed by atoms with van der Waals surface area (Å²) in [6.45, 7) is 0.555. The van der Waals surface area contributed by atoms with E-state index in [-0.39, 0.29) is 17.3 Å². The van der Waals surface area contributed by atoms with Crippen LogP contribution in [0.15, 0.2) is 60.7 Å². The van der Waals surface area contributed by atoms with Crippen LogP contribution in [-0.4, -0.2) is 19.1 Å². The fraction of sp³-hybridized carbons (Fsp3) is 0.188. The van der Waals surface area contributed by atoms with Crippen LogP contribution in [0, 0.1) is 0 Å². The Morgan fingerprint density at radius 2 is 1.65 bits per heavy atom. The number of halogens is 1. The van der Waals surface area contributed by atoms with E-state index in [2.05, 4.69) is 21.2 Å². The number of amides is 1. The Kier molecular flexibility index (Phi) is 5.62.